The minimum Gasteiger partial charge on any atom is -0.464 e. The zero-order valence-electron chi connectivity index (χ0n) is 28.7. The number of anilines is 1. The van der Waals surface area contributed by atoms with Gasteiger partial charge in [-0.15, -0.1) is 6.42 Å². The van der Waals surface area contributed by atoms with Crippen molar-refractivity contribution in [1.29, 1.82) is 0 Å². The number of rotatable bonds is 17. The van der Waals surface area contributed by atoms with Gasteiger partial charge in [-0.2, -0.15) is 19.4 Å². The Balaban J connectivity index is 1.64. The second kappa shape index (κ2) is 17.1. The minimum atomic E-state index is -4.45. The molecule has 3 aromatic rings. The molecule has 0 unspecified atom stereocenters. The highest BCUT2D eigenvalue weighted by molar-refractivity contribution is 7.52. The molecule has 2 aromatic heterocycles. The standard InChI is InChI=1S/C33H44FN6O9P/c1-7-22(8-2)18-44-30(41)21(6)39-50(43,49-24-15-13-12-14-16-24)45-19-33(11-5)25(47-32(42)46-23(9-3)10-4)17-26(48-33)40-20-36-27-28(35)37-31(34)38-29(27)40/h5,12-16,20-23,25-26H,7-10,17-19H2,1-4,6H3,(H,39,43)(H2,35,37,38)/t21-,25-,26+,33+,50-/m0/s1. The third-order valence-electron chi connectivity index (χ3n) is 8.41. The number of aromatic nitrogens is 4. The number of carbonyl (C=O) groups excluding carboxylic acids is 2. The summed E-state index contributed by atoms with van der Waals surface area (Å²) in [6.45, 7) is 8.67. The Bertz CT molecular complexity index is 1700. The number of ether oxygens (including phenoxy) is 4. The fourth-order valence-corrected chi connectivity index (χ4v) is 6.76. The van der Waals surface area contributed by atoms with Gasteiger partial charge in [0.1, 0.15) is 30.7 Å². The summed E-state index contributed by atoms with van der Waals surface area (Å²) in [6.07, 6.45) is 5.10. The first-order valence-corrected chi connectivity index (χ1v) is 18.1. The van der Waals surface area contributed by atoms with Crippen molar-refractivity contribution in [1.82, 2.24) is 24.6 Å². The molecule has 1 fully saturated rings. The van der Waals surface area contributed by atoms with Crippen molar-refractivity contribution in [2.24, 2.45) is 5.92 Å². The van der Waals surface area contributed by atoms with Crippen LogP contribution < -0.4 is 15.3 Å². The van der Waals surface area contributed by atoms with Gasteiger partial charge in [0.15, 0.2) is 28.7 Å². The molecular formula is C33H44FN6O9P. The number of hydrogen-bond donors (Lipinski definition) is 2. The van der Waals surface area contributed by atoms with E-state index in [1.165, 1.54) is 17.8 Å². The van der Waals surface area contributed by atoms with Gasteiger partial charge in [0, 0.05) is 6.42 Å². The summed E-state index contributed by atoms with van der Waals surface area (Å²) >= 11 is 0. The topological polar surface area (TPSA) is 188 Å². The molecular weight excluding hydrogens is 674 g/mol. The number of terminal acetylenes is 1. The van der Waals surface area contributed by atoms with E-state index < -0.39 is 62.6 Å². The van der Waals surface area contributed by atoms with Crippen molar-refractivity contribution in [3.05, 3.63) is 42.7 Å². The normalized spacial score (nSPS) is 20.7. The van der Waals surface area contributed by atoms with Crippen LogP contribution in [0.2, 0.25) is 0 Å². The lowest BCUT2D eigenvalue weighted by Crippen LogP contribution is -2.46. The smallest absolute Gasteiger partial charge is 0.464 e. The molecule has 3 N–H and O–H groups in total. The summed E-state index contributed by atoms with van der Waals surface area (Å²) in [5.74, 6) is 1.94. The van der Waals surface area contributed by atoms with Crippen molar-refractivity contribution >= 4 is 36.9 Å². The van der Waals surface area contributed by atoms with Crippen LogP contribution in [0.1, 0.15) is 73.0 Å². The summed E-state index contributed by atoms with van der Waals surface area (Å²) in [5.41, 5.74) is 4.03. The number of carbonyl (C=O) groups is 2. The number of nitrogens with one attached hydrogen (secondary N) is 1. The summed E-state index contributed by atoms with van der Waals surface area (Å²) in [4.78, 5) is 37.4. The van der Waals surface area contributed by atoms with Crippen LogP contribution >= 0.6 is 7.75 Å². The van der Waals surface area contributed by atoms with E-state index >= 15 is 0 Å². The number of benzene rings is 1. The maximum Gasteiger partial charge on any atom is 0.508 e. The highest BCUT2D eigenvalue weighted by Gasteiger charge is 2.53. The van der Waals surface area contributed by atoms with E-state index in [-0.39, 0.29) is 41.7 Å². The van der Waals surface area contributed by atoms with Gasteiger partial charge >= 0.3 is 25.9 Å². The largest absolute Gasteiger partial charge is 0.508 e. The van der Waals surface area contributed by atoms with Gasteiger partial charge in [0.05, 0.1) is 12.9 Å². The van der Waals surface area contributed by atoms with Gasteiger partial charge in [0.2, 0.25) is 0 Å². The second-order valence-electron chi connectivity index (χ2n) is 11.8. The number of imidazole rings is 1. The molecule has 0 spiro atoms. The van der Waals surface area contributed by atoms with Gasteiger partial charge in [-0.05, 0) is 37.8 Å². The number of nitrogens with zero attached hydrogens (tertiary/aromatic N) is 4. The zero-order chi connectivity index (χ0) is 36.5. The molecule has 0 radical (unpaired) electrons. The predicted molar refractivity (Wildman–Crippen MR) is 180 cm³/mol. The van der Waals surface area contributed by atoms with Crippen LogP contribution in [0.3, 0.4) is 0 Å². The maximum atomic E-state index is 14.4. The first kappa shape index (κ1) is 38.5. The lowest BCUT2D eigenvalue weighted by Gasteiger charge is -2.31. The molecule has 272 valence electrons. The average molecular weight is 719 g/mol. The quantitative estimate of drug-likeness (QED) is 0.0747. The molecule has 1 aromatic carbocycles. The van der Waals surface area contributed by atoms with Crippen molar-refractivity contribution in [3.8, 4) is 18.1 Å². The lowest BCUT2D eigenvalue weighted by molar-refractivity contribution is -0.146. The number of fused-ring (bicyclic) bond motifs is 1. The first-order valence-electron chi connectivity index (χ1n) is 16.5. The number of nitrogen functional groups attached to an aromatic ring is 1. The van der Waals surface area contributed by atoms with Crippen LogP contribution in [-0.2, 0) is 32.8 Å². The lowest BCUT2D eigenvalue weighted by atomic mass is 9.99. The van der Waals surface area contributed by atoms with Gasteiger partial charge < -0.3 is 29.2 Å². The Morgan fingerprint density at radius 3 is 2.52 bits per heavy atom. The summed E-state index contributed by atoms with van der Waals surface area (Å²) in [6, 6.07) is 7.00. The maximum absolute atomic E-state index is 14.4. The Hall–Kier alpha value is -4.29. The van der Waals surface area contributed by atoms with E-state index in [0.29, 0.717) is 12.8 Å². The van der Waals surface area contributed by atoms with Gasteiger partial charge in [-0.1, -0.05) is 64.7 Å². The summed E-state index contributed by atoms with van der Waals surface area (Å²) in [5, 5.41) is 2.63. The molecule has 0 amide bonds. The molecule has 4 rings (SSSR count). The Labute approximate surface area is 290 Å². The molecule has 1 aliphatic heterocycles. The molecule has 0 bridgehead atoms. The fraction of sp³-hybridized carbons (Fsp3) is 0.545. The number of para-hydroxylation sites is 1. The zero-order valence-corrected chi connectivity index (χ0v) is 29.6. The van der Waals surface area contributed by atoms with E-state index in [0.717, 1.165) is 12.8 Å². The van der Waals surface area contributed by atoms with Gasteiger partial charge in [0.25, 0.3) is 0 Å². The van der Waals surface area contributed by atoms with Crippen LogP contribution in [0, 0.1) is 24.3 Å². The van der Waals surface area contributed by atoms with E-state index in [9.17, 15) is 18.5 Å². The van der Waals surface area contributed by atoms with Gasteiger partial charge in [-0.3, -0.25) is 13.9 Å². The van der Waals surface area contributed by atoms with Crippen molar-refractivity contribution in [2.75, 3.05) is 18.9 Å². The van der Waals surface area contributed by atoms with E-state index in [4.69, 9.17) is 40.2 Å². The van der Waals surface area contributed by atoms with Crippen LogP contribution in [0.5, 0.6) is 5.75 Å². The third-order valence-corrected chi connectivity index (χ3v) is 10.0. The fourth-order valence-electron chi connectivity index (χ4n) is 5.24. The van der Waals surface area contributed by atoms with Crippen LogP contribution in [0.15, 0.2) is 36.7 Å². The Morgan fingerprint density at radius 1 is 1.18 bits per heavy atom. The first-order chi connectivity index (χ1) is 23.9. The predicted octanol–water partition coefficient (Wildman–Crippen LogP) is 5.71. The minimum absolute atomic E-state index is 0.00688. The number of esters is 1. The molecule has 5 atom stereocenters. The van der Waals surface area contributed by atoms with E-state index in [1.54, 1.807) is 30.3 Å². The van der Waals surface area contributed by atoms with Crippen LogP contribution in [0.4, 0.5) is 15.0 Å². The van der Waals surface area contributed by atoms with E-state index in [2.05, 4.69) is 26.0 Å². The molecule has 0 saturated carbocycles. The van der Waals surface area contributed by atoms with Crippen molar-refractivity contribution in [3.63, 3.8) is 0 Å². The number of halogens is 1. The molecule has 3 heterocycles. The SMILES string of the molecule is C#C[C@]1(CO[P@@](=O)(N[C@@H](C)C(=O)OCC(CC)CC)Oc2ccccc2)O[C@@H](n2cnc3c(N)nc(F)nc32)C[C@@H]1OC(=O)OC(CC)CC. The Kier molecular flexibility index (Phi) is 13.2. The van der Waals surface area contributed by atoms with Crippen LogP contribution in [-0.4, -0.2) is 68.7 Å². The van der Waals surface area contributed by atoms with Crippen molar-refractivity contribution in [2.45, 2.75) is 96.8 Å². The third kappa shape index (κ3) is 9.28. The highest BCUT2D eigenvalue weighted by Crippen LogP contribution is 2.48. The molecule has 50 heavy (non-hydrogen) atoms. The van der Waals surface area contributed by atoms with Crippen LogP contribution in [0.25, 0.3) is 11.2 Å². The number of nitrogens with two attached hydrogens (primary N) is 1. The molecule has 1 saturated heterocycles. The molecule has 1 aliphatic rings. The number of hydrogen-bond acceptors (Lipinski definition) is 13. The summed E-state index contributed by atoms with van der Waals surface area (Å²) < 4.78 is 64.6. The molecule has 17 heteroatoms. The van der Waals surface area contributed by atoms with E-state index in [1.807, 2.05) is 27.7 Å². The van der Waals surface area contributed by atoms with Gasteiger partial charge in [-0.25, -0.2) is 14.3 Å². The van der Waals surface area contributed by atoms with Crippen molar-refractivity contribution < 1.29 is 46.5 Å². The molecule has 0 aliphatic carbocycles. The Morgan fingerprint density at radius 2 is 1.88 bits per heavy atom. The monoisotopic (exact) mass is 718 g/mol. The highest BCUT2D eigenvalue weighted by atomic mass is 31.2. The second-order valence-corrected chi connectivity index (χ2v) is 13.5. The molecule has 15 nitrogen and oxygen atoms in total. The average Bonchev–Trinajstić information content (AvgIpc) is 3.68. The summed E-state index contributed by atoms with van der Waals surface area (Å²) in [7, 11) is -4.45.